The van der Waals surface area contributed by atoms with Crippen molar-refractivity contribution in [2.75, 3.05) is 44.5 Å². The van der Waals surface area contributed by atoms with Crippen molar-refractivity contribution >= 4 is 22.4 Å². The summed E-state index contributed by atoms with van der Waals surface area (Å²) in [6.07, 6.45) is 0. The van der Waals surface area contributed by atoms with Crippen LogP contribution in [0.25, 0.3) is 10.8 Å². The summed E-state index contributed by atoms with van der Waals surface area (Å²) in [6.45, 7) is 5.70. The SMILES string of the molecule is O=C1c2cccc3cccc(c23)N1CN1CCN(Cc2ccc3c(c2)OCO3)CC1. The fourth-order valence-electron chi connectivity index (χ4n) is 4.71. The Balaban J connectivity index is 1.11. The molecule has 0 atom stereocenters. The first-order valence-corrected chi connectivity index (χ1v) is 10.4. The Hall–Kier alpha value is -3.09. The molecule has 0 spiro atoms. The van der Waals surface area contributed by atoms with Crippen LogP contribution in [0.15, 0.2) is 54.6 Å². The van der Waals surface area contributed by atoms with Crippen molar-refractivity contribution in [1.82, 2.24) is 9.80 Å². The van der Waals surface area contributed by atoms with Crippen molar-refractivity contribution in [3.8, 4) is 11.5 Å². The molecule has 6 rings (SSSR count). The molecule has 152 valence electrons. The van der Waals surface area contributed by atoms with Crippen molar-refractivity contribution in [3.63, 3.8) is 0 Å². The van der Waals surface area contributed by atoms with E-state index in [1.54, 1.807) is 0 Å². The lowest BCUT2D eigenvalue weighted by Crippen LogP contribution is -2.50. The van der Waals surface area contributed by atoms with Crippen molar-refractivity contribution in [1.29, 1.82) is 0 Å². The molecule has 1 saturated heterocycles. The standard InChI is InChI=1S/C24H23N3O3/c28-24-19-5-1-3-18-4-2-6-20(23(18)19)27(24)15-26-11-9-25(10-12-26)14-17-7-8-21-22(13-17)30-16-29-21/h1-8,13H,9-12,14-16H2. The molecule has 6 heteroatoms. The highest BCUT2D eigenvalue weighted by atomic mass is 16.7. The lowest BCUT2D eigenvalue weighted by Gasteiger charge is -2.36. The van der Waals surface area contributed by atoms with Gasteiger partial charge < -0.3 is 9.47 Å². The van der Waals surface area contributed by atoms with Gasteiger partial charge in [-0.05, 0) is 35.2 Å². The van der Waals surface area contributed by atoms with Gasteiger partial charge >= 0.3 is 0 Å². The van der Waals surface area contributed by atoms with Crippen molar-refractivity contribution in [3.05, 3.63) is 65.7 Å². The third-order valence-corrected chi connectivity index (χ3v) is 6.30. The van der Waals surface area contributed by atoms with Gasteiger partial charge in [-0.1, -0.05) is 30.3 Å². The van der Waals surface area contributed by atoms with Gasteiger partial charge in [-0.15, -0.1) is 0 Å². The molecule has 1 amide bonds. The van der Waals surface area contributed by atoms with Crippen LogP contribution in [0.2, 0.25) is 0 Å². The molecule has 0 radical (unpaired) electrons. The molecular weight excluding hydrogens is 378 g/mol. The van der Waals surface area contributed by atoms with Crippen LogP contribution in [0.1, 0.15) is 15.9 Å². The largest absolute Gasteiger partial charge is 0.454 e. The molecule has 1 fully saturated rings. The van der Waals surface area contributed by atoms with Gasteiger partial charge in [-0.3, -0.25) is 19.5 Å². The normalized spacial score (nSPS) is 18.5. The summed E-state index contributed by atoms with van der Waals surface area (Å²) >= 11 is 0. The van der Waals surface area contributed by atoms with E-state index in [1.807, 2.05) is 29.2 Å². The smallest absolute Gasteiger partial charge is 0.260 e. The fourth-order valence-corrected chi connectivity index (χ4v) is 4.71. The summed E-state index contributed by atoms with van der Waals surface area (Å²) in [6, 6.07) is 18.3. The van der Waals surface area contributed by atoms with Gasteiger partial charge in [0.25, 0.3) is 5.91 Å². The number of fused-ring (bicyclic) bond motifs is 1. The molecular formula is C24H23N3O3. The third kappa shape index (κ3) is 2.91. The molecule has 3 heterocycles. The maximum Gasteiger partial charge on any atom is 0.260 e. The Labute approximate surface area is 175 Å². The maximum absolute atomic E-state index is 13.0. The number of rotatable bonds is 4. The monoisotopic (exact) mass is 401 g/mol. The molecule has 3 aromatic rings. The minimum absolute atomic E-state index is 0.115. The van der Waals surface area contributed by atoms with Crippen LogP contribution < -0.4 is 14.4 Å². The minimum Gasteiger partial charge on any atom is -0.454 e. The first-order valence-electron chi connectivity index (χ1n) is 10.4. The van der Waals surface area contributed by atoms with Gasteiger partial charge in [-0.2, -0.15) is 0 Å². The van der Waals surface area contributed by atoms with Crippen molar-refractivity contribution < 1.29 is 14.3 Å². The molecule has 0 bridgehead atoms. The van der Waals surface area contributed by atoms with E-state index in [-0.39, 0.29) is 5.91 Å². The topological polar surface area (TPSA) is 45.3 Å². The third-order valence-electron chi connectivity index (χ3n) is 6.30. The number of anilines is 1. The molecule has 0 N–H and O–H groups in total. The van der Waals surface area contributed by atoms with Crippen LogP contribution in [0, 0.1) is 0 Å². The van der Waals surface area contributed by atoms with Crippen LogP contribution >= 0.6 is 0 Å². The van der Waals surface area contributed by atoms with Crippen LogP contribution in [0.4, 0.5) is 5.69 Å². The highest BCUT2D eigenvalue weighted by Gasteiger charge is 2.31. The lowest BCUT2D eigenvalue weighted by molar-refractivity contribution is 0.0934. The zero-order valence-electron chi connectivity index (χ0n) is 16.7. The fraction of sp³-hybridized carbons (Fsp3) is 0.292. The summed E-state index contributed by atoms with van der Waals surface area (Å²) in [5.74, 6) is 1.78. The van der Waals surface area contributed by atoms with Crippen LogP contribution in [0.3, 0.4) is 0 Å². The number of hydrogen-bond acceptors (Lipinski definition) is 5. The lowest BCUT2D eigenvalue weighted by atomic mass is 10.1. The van der Waals surface area contributed by atoms with E-state index in [9.17, 15) is 4.79 Å². The number of amides is 1. The average Bonchev–Trinajstić information content (AvgIpc) is 3.35. The summed E-state index contributed by atoms with van der Waals surface area (Å²) < 4.78 is 10.9. The number of hydrogen-bond donors (Lipinski definition) is 0. The van der Waals surface area contributed by atoms with Crippen LogP contribution in [-0.2, 0) is 6.54 Å². The van der Waals surface area contributed by atoms with Crippen molar-refractivity contribution in [2.24, 2.45) is 0 Å². The Bertz CT molecular complexity index is 1130. The number of nitrogens with zero attached hydrogens (tertiary/aromatic N) is 3. The quantitative estimate of drug-likeness (QED) is 0.671. The van der Waals surface area contributed by atoms with Gasteiger partial charge in [0, 0.05) is 43.7 Å². The van der Waals surface area contributed by atoms with E-state index in [0.717, 1.165) is 66.2 Å². The summed E-state index contributed by atoms with van der Waals surface area (Å²) in [5.41, 5.74) is 3.10. The summed E-state index contributed by atoms with van der Waals surface area (Å²) in [4.78, 5) is 19.8. The number of piperazine rings is 1. The second-order valence-electron chi connectivity index (χ2n) is 8.14. The Kier molecular flexibility index (Phi) is 4.14. The molecule has 6 nitrogen and oxygen atoms in total. The van der Waals surface area contributed by atoms with E-state index in [4.69, 9.17) is 9.47 Å². The zero-order valence-corrected chi connectivity index (χ0v) is 16.7. The van der Waals surface area contributed by atoms with Gasteiger partial charge in [0.05, 0.1) is 12.4 Å². The molecule has 0 aliphatic carbocycles. The van der Waals surface area contributed by atoms with Crippen molar-refractivity contribution in [2.45, 2.75) is 6.54 Å². The van der Waals surface area contributed by atoms with Crippen LogP contribution in [-0.4, -0.2) is 55.3 Å². The van der Waals surface area contributed by atoms with E-state index in [2.05, 4.69) is 40.1 Å². The Morgan fingerprint density at radius 3 is 2.47 bits per heavy atom. The average molecular weight is 401 g/mol. The molecule has 0 saturated carbocycles. The van der Waals surface area contributed by atoms with Gasteiger partial charge in [0.1, 0.15) is 0 Å². The minimum atomic E-state index is 0.115. The number of carbonyl (C=O) groups excluding carboxylic acids is 1. The summed E-state index contributed by atoms with van der Waals surface area (Å²) in [5, 5.41) is 2.22. The second kappa shape index (κ2) is 7.00. The van der Waals surface area contributed by atoms with Crippen LogP contribution in [0.5, 0.6) is 11.5 Å². The van der Waals surface area contributed by atoms with E-state index in [1.165, 1.54) is 5.56 Å². The molecule has 3 aliphatic rings. The molecule has 3 aliphatic heterocycles. The van der Waals surface area contributed by atoms with E-state index >= 15 is 0 Å². The van der Waals surface area contributed by atoms with E-state index in [0.29, 0.717) is 13.5 Å². The molecule has 0 unspecified atom stereocenters. The number of benzene rings is 3. The molecule has 0 aromatic heterocycles. The Morgan fingerprint density at radius 1 is 0.833 bits per heavy atom. The van der Waals surface area contributed by atoms with Gasteiger partial charge in [-0.25, -0.2) is 0 Å². The first kappa shape index (κ1) is 17.7. The highest BCUT2D eigenvalue weighted by molar-refractivity contribution is 6.24. The van der Waals surface area contributed by atoms with E-state index < -0.39 is 0 Å². The van der Waals surface area contributed by atoms with Gasteiger partial charge in [0.2, 0.25) is 6.79 Å². The number of ether oxygens (including phenoxy) is 2. The Morgan fingerprint density at radius 2 is 1.60 bits per heavy atom. The number of carbonyl (C=O) groups is 1. The predicted molar refractivity (Wildman–Crippen MR) is 115 cm³/mol. The first-order chi connectivity index (χ1) is 14.8. The maximum atomic E-state index is 13.0. The predicted octanol–water partition coefficient (Wildman–Crippen LogP) is 3.30. The van der Waals surface area contributed by atoms with Gasteiger partial charge in [0.15, 0.2) is 11.5 Å². The summed E-state index contributed by atoms with van der Waals surface area (Å²) in [7, 11) is 0. The molecule has 30 heavy (non-hydrogen) atoms. The molecule has 3 aromatic carbocycles. The second-order valence-corrected chi connectivity index (χ2v) is 8.14. The highest BCUT2D eigenvalue weighted by Crippen LogP contribution is 2.37. The zero-order chi connectivity index (χ0) is 20.1.